The van der Waals surface area contributed by atoms with Gasteiger partial charge in [-0.1, -0.05) is 6.58 Å². The van der Waals surface area contributed by atoms with Crippen LogP contribution in [0.15, 0.2) is 24.8 Å². The minimum absolute atomic E-state index is 0.292. The summed E-state index contributed by atoms with van der Waals surface area (Å²) in [6.07, 6.45) is 2.60. The van der Waals surface area contributed by atoms with Crippen LogP contribution < -0.4 is 15.4 Å². The van der Waals surface area contributed by atoms with Crippen LogP contribution in [0.5, 0.6) is 5.75 Å². The zero-order valence-corrected chi connectivity index (χ0v) is 17.4. The Hall–Kier alpha value is -2.54. The first-order valence-corrected chi connectivity index (χ1v) is 9.47. The Morgan fingerprint density at radius 1 is 1.18 bits per heavy atom. The van der Waals surface area contributed by atoms with Crippen molar-refractivity contribution in [3.05, 3.63) is 30.4 Å². The minimum atomic E-state index is -0.620. The van der Waals surface area contributed by atoms with E-state index in [1.165, 1.54) is 6.08 Å². The molecule has 1 aliphatic rings. The molecule has 0 spiro atoms. The lowest BCUT2D eigenvalue weighted by atomic mass is 9.88. The van der Waals surface area contributed by atoms with Crippen LogP contribution in [0.3, 0.4) is 0 Å². The van der Waals surface area contributed by atoms with E-state index in [2.05, 4.69) is 29.2 Å². The Labute approximate surface area is 167 Å². The van der Waals surface area contributed by atoms with Crippen molar-refractivity contribution in [3.63, 3.8) is 0 Å². The number of hydrogen-bond donors (Lipinski definition) is 2. The van der Waals surface area contributed by atoms with Crippen molar-refractivity contribution >= 4 is 23.4 Å². The summed E-state index contributed by atoms with van der Waals surface area (Å²) in [7, 11) is 3.65. The fourth-order valence-corrected chi connectivity index (χ4v) is 3.23. The van der Waals surface area contributed by atoms with E-state index in [1.807, 2.05) is 6.07 Å². The second-order valence-electron chi connectivity index (χ2n) is 8.04. The van der Waals surface area contributed by atoms with Gasteiger partial charge < -0.3 is 19.7 Å². The van der Waals surface area contributed by atoms with Gasteiger partial charge in [0.05, 0.1) is 12.8 Å². The summed E-state index contributed by atoms with van der Waals surface area (Å²) in [5.41, 5.74) is 1.46. The van der Waals surface area contributed by atoms with Gasteiger partial charge in [-0.05, 0) is 83.4 Å². The van der Waals surface area contributed by atoms with Gasteiger partial charge in [0.1, 0.15) is 11.4 Å². The molecule has 28 heavy (non-hydrogen) atoms. The van der Waals surface area contributed by atoms with Crippen molar-refractivity contribution in [1.29, 1.82) is 0 Å². The maximum absolute atomic E-state index is 12.2. The molecule has 1 saturated heterocycles. The molecule has 0 aliphatic carbocycles. The molecule has 1 fully saturated rings. The number of carbonyl (C=O) groups excluding carboxylic acids is 2. The fourth-order valence-electron chi connectivity index (χ4n) is 3.23. The van der Waals surface area contributed by atoms with E-state index >= 15 is 0 Å². The zero-order chi connectivity index (χ0) is 20.9. The molecule has 2 N–H and O–H groups in total. The molecule has 2 amide bonds. The first-order valence-electron chi connectivity index (χ1n) is 9.47. The normalized spacial score (nSPS) is 15.6. The van der Waals surface area contributed by atoms with Crippen LogP contribution >= 0.6 is 0 Å². The number of nitrogens with zero attached hydrogens (tertiary/aromatic N) is 1. The minimum Gasteiger partial charge on any atom is -0.495 e. The highest BCUT2D eigenvalue weighted by atomic mass is 16.6. The molecule has 7 nitrogen and oxygen atoms in total. The maximum atomic E-state index is 12.2. The summed E-state index contributed by atoms with van der Waals surface area (Å²) in [5, 5.41) is 5.58. The van der Waals surface area contributed by atoms with Gasteiger partial charge in [-0.15, -0.1) is 0 Å². The number of amides is 2. The molecule has 1 heterocycles. The Kier molecular flexibility index (Phi) is 7.07. The van der Waals surface area contributed by atoms with Crippen molar-refractivity contribution in [2.45, 2.75) is 45.1 Å². The van der Waals surface area contributed by atoms with Gasteiger partial charge in [-0.3, -0.25) is 10.1 Å². The Balaban J connectivity index is 2.38. The second kappa shape index (κ2) is 9.10. The van der Waals surface area contributed by atoms with Crippen molar-refractivity contribution in [2.75, 3.05) is 37.9 Å². The summed E-state index contributed by atoms with van der Waals surface area (Å²) >= 11 is 0. The van der Waals surface area contributed by atoms with Crippen molar-refractivity contribution in [1.82, 2.24) is 4.90 Å². The van der Waals surface area contributed by atoms with Gasteiger partial charge in [0.15, 0.2) is 0 Å². The molecular weight excluding hydrogens is 358 g/mol. The lowest BCUT2D eigenvalue weighted by Crippen LogP contribution is -2.30. The van der Waals surface area contributed by atoms with Crippen LogP contribution in [0.25, 0.3) is 0 Å². The molecule has 1 aromatic rings. The number of carbonyl (C=O) groups is 2. The molecule has 154 valence electrons. The number of methoxy groups -OCH3 is 1. The van der Waals surface area contributed by atoms with Gasteiger partial charge >= 0.3 is 6.09 Å². The van der Waals surface area contributed by atoms with E-state index in [0.717, 1.165) is 31.5 Å². The highest BCUT2D eigenvalue weighted by Crippen LogP contribution is 2.39. The molecule has 0 bridgehead atoms. The van der Waals surface area contributed by atoms with Crippen LogP contribution in [0.4, 0.5) is 16.2 Å². The highest BCUT2D eigenvalue weighted by molar-refractivity contribution is 6.00. The number of likely N-dealkylation sites (tertiary alicyclic amines) is 1. The number of ether oxygens (including phenoxy) is 2. The number of hydrogen-bond acceptors (Lipinski definition) is 5. The first-order chi connectivity index (χ1) is 13.1. The molecule has 1 aliphatic heterocycles. The maximum Gasteiger partial charge on any atom is 0.412 e. The van der Waals surface area contributed by atoms with Gasteiger partial charge in [0.2, 0.25) is 5.91 Å². The van der Waals surface area contributed by atoms with Crippen LogP contribution in [0.1, 0.15) is 45.1 Å². The predicted molar refractivity (Wildman–Crippen MR) is 111 cm³/mol. The zero-order valence-electron chi connectivity index (χ0n) is 17.4. The summed E-state index contributed by atoms with van der Waals surface area (Å²) in [4.78, 5) is 26.5. The molecular formula is C21H31N3O4. The number of anilines is 2. The summed E-state index contributed by atoms with van der Waals surface area (Å²) in [5.74, 6) is 0.514. The van der Waals surface area contributed by atoms with E-state index in [0.29, 0.717) is 23.0 Å². The van der Waals surface area contributed by atoms with E-state index in [9.17, 15) is 9.59 Å². The fraction of sp³-hybridized carbons (Fsp3) is 0.524. The average molecular weight is 389 g/mol. The number of rotatable bonds is 5. The SMILES string of the molecule is C=CC(=O)Nc1cc(NC(=O)OC(C)(C)C)c(OC)cc1C1CCN(C)CC1. The number of nitrogens with one attached hydrogen (secondary N) is 2. The Morgan fingerprint density at radius 3 is 2.36 bits per heavy atom. The van der Waals surface area contributed by atoms with E-state index in [1.54, 1.807) is 33.9 Å². The van der Waals surface area contributed by atoms with Crippen molar-refractivity contribution in [3.8, 4) is 5.75 Å². The monoisotopic (exact) mass is 389 g/mol. The number of piperidine rings is 1. The number of benzene rings is 1. The highest BCUT2D eigenvalue weighted by Gasteiger charge is 2.24. The van der Waals surface area contributed by atoms with Gasteiger partial charge in [-0.2, -0.15) is 0 Å². The smallest absolute Gasteiger partial charge is 0.412 e. The van der Waals surface area contributed by atoms with Gasteiger partial charge in [0.25, 0.3) is 0 Å². The molecule has 0 atom stereocenters. The van der Waals surface area contributed by atoms with E-state index in [-0.39, 0.29) is 5.91 Å². The molecule has 2 rings (SSSR count). The largest absolute Gasteiger partial charge is 0.495 e. The summed E-state index contributed by atoms with van der Waals surface area (Å²) in [6.45, 7) is 10.9. The van der Waals surface area contributed by atoms with E-state index in [4.69, 9.17) is 9.47 Å². The average Bonchev–Trinajstić information content (AvgIpc) is 2.61. The molecule has 0 radical (unpaired) electrons. The third-order valence-corrected chi connectivity index (χ3v) is 4.61. The Bertz CT molecular complexity index is 732. The summed E-state index contributed by atoms with van der Waals surface area (Å²) in [6, 6.07) is 3.61. The molecule has 1 aromatic carbocycles. The molecule has 0 aromatic heterocycles. The topological polar surface area (TPSA) is 79.9 Å². The van der Waals surface area contributed by atoms with Crippen LogP contribution in [-0.4, -0.2) is 49.7 Å². The molecule has 7 heteroatoms. The second-order valence-corrected chi connectivity index (χ2v) is 8.04. The van der Waals surface area contributed by atoms with Crippen LogP contribution in [-0.2, 0) is 9.53 Å². The first kappa shape index (κ1) is 21.8. The van der Waals surface area contributed by atoms with Crippen molar-refractivity contribution in [2.24, 2.45) is 0 Å². The van der Waals surface area contributed by atoms with Gasteiger partial charge in [0, 0.05) is 5.69 Å². The summed E-state index contributed by atoms with van der Waals surface area (Å²) < 4.78 is 10.8. The predicted octanol–water partition coefficient (Wildman–Crippen LogP) is 3.98. The van der Waals surface area contributed by atoms with Crippen LogP contribution in [0, 0.1) is 0 Å². The third kappa shape index (κ3) is 5.99. The third-order valence-electron chi connectivity index (χ3n) is 4.61. The van der Waals surface area contributed by atoms with Gasteiger partial charge in [-0.25, -0.2) is 4.79 Å². The lowest BCUT2D eigenvalue weighted by Gasteiger charge is -2.31. The Morgan fingerprint density at radius 2 is 1.82 bits per heavy atom. The van der Waals surface area contributed by atoms with E-state index < -0.39 is 11.7 Å². The van der Waals surface area contributed by atoms with Crippen molar-refractivity contribution < 1.29 is 19.1 Å². The molecule has 0 saturated carbocycles. The van der Waals surface area contributed by atoms with Crippen LogP contribution in [0.2, 0.25) is 0 Å². The lowest BCUT2D eigenvalue weighted by molar-refractivity contribution is -0.111. The standard InChI is InChI=1S/C21H31N3O4/c1-7-19(25)22-16-13-17(23-20(26)28-21(2,3)4)18(27-6)12-15(16)14-8-10-24(5)11-9-14/h7,12-14H,1,8-11H2,2-6H3,(H,22,25)(H,23,26). The quantitative estimate of drug-likeness (QED) is 0.745. The molecule has 0 unspecified atom stereocenters.